The van der Waals surface area contributed by atoms with Crippen molar-refractivity contribution in [3.63, 3.8) is 0 Å². The SMILES string of the molecule is Cc1ccc2cc(C(=O)N3CCc4c(nn(C)c4-c4cc(C(F)(F)F)n(C)n4)C3)cc(C)c2n1. The van der Waals surface area contributed by atoms with E-state index < -0.39 is 11.9 Å². The summed E-state index contributed by atoms with van der Waals surface area (Å²) in [6, 6.07) is 8.62. The number of carbonyl (C=O) groups is 1. The minimum Gasteiger partial charge on any atom is -0.332 e. The van der Waals surface area contributed by atoms with E-state index in [-0.39, 0.29) is 18.1 Å². The summed E-state index contributed by atoms with van der Waals surface area (Å²) in [5.41, 5.74) is 4.75. The number of aryl methyl sites for hydroxylation is 4. The zero-order chi connectivity index (χ0) is 24.4. The molecule has 0 radical (unpaired) electrons. The number of aromatic nitrogens is 5. The van der Waals surface area contributed by atoms with E-state index in [0.717, 1.165) is 38.5 Å². The van der Waals surface area contributed by atoms with Crippen LogP contribution in [0.25, 0.3) is 22.3 Å². The fourth-order valence-electron chi connectivity index (χ4n) is 4.68. The molecule has 4 aromatic rings. The standard InChI is InChI=1S/C24H23F3N6O/c1-13-9-16(10-15-6-5-14(2)28-21(13)15)23(34)33-8-7-17-19(12-33)30-32(4)22(17)18-11-20(24(25,26)27)31(3)29-18/h5-6,9-11H,7-8,12H2,1-4H3. The van der Waals surface area contributed by atoms with Crippen molar-refractivity contribution in [3.8, 4) is 11.4 Å². The summed E-state index contributed by atoms with van der Waals surface area (Å²) in [6.45, 7) is 4.59. The van der Waals surface area contributed by atoms with Gasteiger partial charge < -0.3 is 4.90 Å². The number of pyridine rings is 1. The van der Waals surface area contributed by atoms with Gasteiger partial charge in [0.1, 0.15) is 11.4 Å². The van der Waals surface area contributed by atoms with E-state index in [0.29, 0.717) is 29.9 Å². The van der Waals surface area contributed by atoms with Crippen LogP contribution in [0.2, 0.25) is 0 Å². The Bertz CT molecular complexity index is 1450. The number of nitrogens with zero attached hydrogens (tertiary/aromatic N) is 6. The first kappa shape index (κ1) is 22.1. The molecule has 0 atom stereocenters. The van der Waals surface area contributed by atoms with Gasteiger partial charge in [0.05, 0.1) is 23.4 Å². The van der Waals surface area contributed by atoms with Crippen LogP contribution in [0, 0.1) is 13.8 Å². The van der Waals surface area contributed by atoms with Crippen molar-refractivity contribution in [2.45, 2.75) is 33.0 Å². The number of rotatable bonds is 2. The van der Waals surface area contributed by atoms with Gasteiger partial charge >= 0.3 is 6.18 Å². The summed E-state index contributed by atoms with van der Waals surface area (Å²) in [4.78, 5) is 19.6. The second-order valence-corrected chi connectivity index (χ2v) is 8.73. The minimum atomic E-state index is -4.49. The first-order valence-electron chi connectivity index (χ1n) is 10.9. The van der Waals surface area contributed by atoms with Crippen LogP contribution in [-0.4, -0.2) is 41.9 Å². The molecule has 1 aliphatic rings. The number of hydrogen-bond donors (Lipinski definition) is 0. The maximum absolute atomic E-state index is 13.3. The largest absolute Gasteiger partial charge is 0.433 e. The van der Waals surface area contributed by atoms with Gasteiger partial charge in [-0.25, -0.2) is 0 Å². The summed E-state index contributed by atoms with van der Waals surface area (Å²) < 4.78 is 42.2. The van der Waals surface area contributed by atoms with Crippen molar-refractivity contribution in [3.05, 3.63) is 64.1 Å². The van der Waals surface area contributed by atoms with Gasteiger partial charge in [-0.1, -0.05) is 6.07 Å². The number of amides is 1. The van der Waals surface area contributed by atoms with Gasteiger partial charge in [-0.3, -0.25) is 19.1 Å². The monoisotopic (exact) mass is 468 g/mol. The molecule has 34 heavy (non-hydrogen) atoms. The third-order valence-corrected chi connectivity index (χ3v) is 6.27. The predicted octanol–water partition coefficient (Wildman–Crippen LogP) is 4.20. The van der Waals surface area contributed by atoms with Gasteiger partial charge in [0.25, 0.3) is 5.91 Å². The third kappa shape index (κ3) is 3.63. The van der Waals surface area contributed by atoms with Crippen LogP contribution in [0.15, 0.2) is 30.3 Å². The van der Waals surface area contributed by atoms with Crippen LogP contribution in [0.5, 0.6) is 0 Å². The molecular formula is C24H23F3N6O. The normalized spacial score (nSPS) is 14.0. The lowest BCUT2D eigenvalue weighted by Gasteiger charge is -2.27. The van der Waals surface area contributed by atoms with Crippen molar-refractivity contribution in [2.75, 3.05) is 6.54 Å². The highest BCUT2D eigenvalue weighted by atomic mass is 19.4. The van der Waals surface area contributed by atoms with E-state index in [1.165, 1.54) is 7.05 Å². The molecule has 0 saturated carbocycles. The Balaban J connectivity index is 1.45. The Morgan fingerprint density at radius 2 is 1.79 bits per heavy atom. The Kier molecular flexibility index (Phi) is 5.00. The molecular weight excluding hydrogens is 445 g/mol. The van der Waals surface area contributed by atoms with E-state index in [4.69, 9.17) is 0 Å². The van der Waals surface area contributed by atoms with Crippen LogP contribution in [-0.2, 0) is 33.2 Å². The van der Waals surface area contributed by atoms with E-state index in [1.54, 1.807) is 16.6 Å². The predicted molar refractivity (Wildman–Crippen MR) is 120 cm³/mol. The molecule has 1 amide bonds. The van der Waals surface area contributed by atoms with Gasteiger partial charge in [-0.05, 0) is 50.1 Å². The Labute approximate surface area is 193 Å². The summed E-state index contributed by atoms with van der Waals surface area (Å²) >= 11 is 0. The van der Waals surface area contributed by atoms with Crippen LogP contribution in [0.4, 0.5) is 13.2 Å². The number of benzene rings is 1. The fourth-order valence-corrected chi connectivity index (χ4v) is 4.68. The maximum Gasteiger partial charge on any atom is 0.433 e. The molecule has 7 nitrogen and oxygen atoms in total. The van der Waals surface area contributed by atoms with Crippen molar-refractivity contribution >= 4 is 16.8 Å². The van der Waals surface area contributed by atoms with E-state index >= 15 is 0 Å². The highest BCUT2D eigenvalue weighted by Gasteiger charge is 2.36. The average molecular weight is 468 g/mol. The van der Waals surface area contributed by atoms with Crippen molar-refractivity contribution < 1.29 is 18.0 Å². The maximum atomic E-state index is 13.3. The molecule has 10 heteroatoms. The molecule has 0 bridgehead atoms. The van der Waals surface area contributed by atoms with Crippen molar-refractivity contribution in [2.24, 2.45) is 14.1 Å². The fraction of sp³-hybridized carbons (Fsp3) is 0.333. The average Bonchev–Trinajstić information content (AvgIpc) is 3.31. The van der Waals surface area contributed by atoms with Gasteiger partial charge in [0.15, 0.2) is 0 Å². The first-order valence-corrected chi connectivity index (χ1v) is 10.9. The molecule has 0 spiro atoms. The molecule has 1 aliphatic heterocycles. The zero-order valence-electron chi connectivity index (χ0n) is 19.2. The first-order chi connectivity index (χ1) is 16.0. The van der Waals surface area contributed by atoms with Crippen LogP contribution in [0.1, 0.15) is 38.6 Å². The second-order valence-electron chi connectivity index (χ2n) is 8.73. The van der Waals surface area contributed by atoms with Crippen molar-refractivity contribution in [1.82, 2.24) is 29.4 Å². The lowest BCUT2D eigenvalue weighted by atomic mass is 10.0. The van der Waals surface area contributed by atoms with E-state index in [1.807, 2.05) is 38.1 Å². The van der Waals surface area contributed by atoms with E-state index in [9.17, 15) is 18.0 Å². The minimum absolute atomic E-state index is 0.111. The summed E-state index contributed by atoms with van der Waals surface area (Å²) in [7, 11) is 2.96. The molecule has 176 valence electrons. The molecule has 0 unspecified atom stereocenters. The molecule has 1 aromatic carbocycles. The Morgan fingerprint density at radius 1 is 1.03 bits per heavy atom. The van der Waals surface area contributed by atoms with Gasteiger partial charge in [-0.15, -0.1) is 0 Å². The number of halogens is 3. The number of alkyl halides is 3. The lowest BCUT2D eigenvalue weighted by Crippen LogP contribution is -2.36. The number of hydrogen-bond acceptors (Lipinski definition) is 4. The molecule has 0 N–H and O–H groups in total. The Morgan fingerprint density at radius 3 is 2.50 bits per heavy atom. The molecule has 5 rings (SSSR count). The lowest BCUT2D eigenvalue weighted by molar-refractivity contribution is -0.143. The molecule has 0 fully saturated rings. The van der Waals surface area contributed by atoms with Crippen LogP contribution < -0.4 is 0 Å². The van der Waals surface area contributed by atoms with Gasteiger partial charge in [0.2, 0.25) is 0 Å². The third-order valence-electron chi connectivity index (χ3n) is 6.27. The summed E-state index contributed by atoms with van der Waals surface area (Å²) in [5.74, 6) is -0.111. The van der Waals surface area contributed by atoms with Gasteiger partial charge in [0, 0.05) is 42.8 Å². The number of carbonyl (C=O) groups excluding carboxylic acids is 1. The Hall–Kier alpha value is -3.69. The van der Waals surface area contributed by atoms with Gasteiger partial charge in [-0.2, -0.15) is 23.4 Å². The molecule has 0 aliphatic carbocycles. The highest BCUT2D eigenvalue weighted by molar-refractivity contribution is 5.99. The molecule has 4 heterocycles. The molecule has 0 saturated heterocycles. The van der Waals surface area contributed by atoms with Crippen LogP contribution in [0.3, 0.4) is 0 Å². The summed E-state index contributed by atoms with van der Waals surface area (Å²) in [6.07, 6.45) is -4.01. The zero-order valence-corrected chi connectivity index (χ0v) is 19.2. The quantitative estimate of drug-likeness (QED) is 0.442. The van der Waals surface area contributed by atoms with E-state index in [2.05, 4.69) is 15.2 Å². The highest BCUT2D eigenvalue weighted by Crippen LogP contribution is 2.35. The van der Waals surface area contributed by atoms with Crippen LogP contribution >= 0.6 is 0 Å². The topological polar surface area (TPSA) is 68.8 Å². The summed E-state index contributed by atoms with van der Waals surface area (Å²) in [5, 5.41) is 9.50. The van der Waals surface area contributed by atoms with Crippen molar-refractivity contribution in [1.29, 1.82) is 0 Å². The number of fused-ring (bicyclic) bond motifs is 2. The second kappa shape index (κ2) is 7.68. The molecule has 3 aromatic heterocycles. The smallest absolute Gasteiger partial charge is 0.332 e.